The Morgan fingerprint density at radius 3 is 1.89 bits per heavy atom. The molecular formula is C26H28O2. The molecule has 2 nitrogen and oxygen atoms in total. The lowest BCUT2D eigenvalue weighted by Gasteiger charge is -2.43. The van der Waals surface area contributed by atoms with Crippen molar-refractivity contribution < 1.29 is 9.84 Å². The van der Waals surface area contributed by atoms with Gasteiger partial charge < -0.3 is 9.84 Å². The summed E-state index contributed by atoms with van der Waals surface area (Å²) in [7, 11) is 0. The second-order valence-corrected chi connectivity index (χ2v) is 8.20. The van der Waals surface area contributed by atoms with Gasteiger partial charge in [-0.3, -0.25) is 0 Å². The van der Waals surface area contributed by atoms with Gasteiger partial charge in [0.15, 0.2) is 0 Å². The van der Waals surface area contributed by atoms with E-state index in [-0.39, 0.29) is 11.5 Å². The number of phenols is 1. The molecule has 0 radical (unpaired) electrons. The van der Waals surface area contributed by atoms with Gasteiger partial charge >= 0.3 is 0 Å². The third kappa shape index (κ3) is 2.97. The molecule has 4 rings (SSSR count). The average Bonchev–Trinajstić information content (AvgIpc) is 2.72. The van der Waals surface area contributed by atoms with E-state index >= 15 is 0 Å². The van der Waals surface area contributed by atoms with Crippen molar-refractivity contribution in [1.82, 2.24) is 0 Å². The Kier molecular flexibility index (Phi) is 4.66. The van der Waals surface area contributed by atoms with Gasteiger partial charge in [0.25, 0.3) is 0 Å². The predicted molar refractivity (Wildman–Crippen MR) is 114 cm³/mol. The molecule has 1 aliphatic rings. The Morgan fingerprint density at radius 1 is 0.821 bits per heavy atom. The average molecular weight is 373 g/mol. The largest absolute Gasteiger partial charge is 0.507 e. The predicted octanol–water partition coefficient (Wildman–Crippen LogP) is 6.23. The summed E-state index contributed by atoms with van der Waals surface area (Å²) in [5.41, 5.74) is 6.24. The molecule has 0 aliphatic carbocycles. The molecule has 3 aromatic rings. The summed E-state index contributed by atoms with van der Waals surface area (Å²) in [6.45, 7) is 8.26. The van der Waals surface area contributed by atoms with Crippen molar-refractivity contribution in [3.05, 3.63) is 94.0 Å². The van der Waals surface area contributed by atoms with Crippen LogP contribution < -0.4 is 4.74 Å². The summed E-state index contributed by atoms with van der Waals surface area (Å²) < 4.78 is 6.83. The van der Waals surface area contributed by atoms with Crippen LogP contribution in [0.5, 0.6) is 11.5 Å². The van der Waals surface area contributed by atoms with Crippen LogP contribution in [0.1, 0.15) is 52.6 Å². The molecule has 1 N–H and O–H groups in total. The first-order chi connectivity index (χ1) is 13.4. The zero-order chi connectivity index (χ0) is 19.9. The van der Waals surface area contributed by atoms with Crippen molar-refractivity contribution in [3.63, 3.8) is 0 Å². The minimum Gasteiger partial charge on any atom is -0.507 e. The molecule has 0 saturated carbocycles. The zero-order valence-corrected chi connectivity index (χ0v) is 17.1. The highest BCUT2D eigenvalue weighted by Crippen LogP contribution is 2.48. The maximum absolute atomic E-state index is 10.5. The maximum Gasteiger partial charge on any atom is 0.127 e. The normalized spacial score (nSPS) is 18.6. The van der Waals surface area contributed by atoms with Crippen LogP contribution >= 0.6 is 0 Å². The Bertz CT molecular complexity index is 953. The van der Waals surface area contributed by atoms with Gasteiger partial charge in [-0.05, 0) is 68.4 Å². The van der Waals surface area contributed by atoms with E-state index in [9.17, 15) is 5.11 Å². The quantitative estimate of drug-likeness (QED) is 0.590. The summed E-state index contributed by atoms with van der Waals surface area (Å²) in [4.78, 5) is 0. The topological polar surface area (TPSA) is 29.5 Å². The molecule has 0 spiro atoms. The zero-order valence-electron chi connectivity index (χ0n) is 17.1. The fourth-order valence-electron chi connectivity index (χ4n) is 4.66. The molecule has 3 aromatic carbocycles. The first-order valence-corrected chi connectivity index (χ1v) is 10.0. The van der Waals surface area contributed by atoms with Crippen molar-refractivity contribution in [2.45, 2.75) is 52.1 Å². The molecule has 1 aliphatic heterocycles. The van der Waals surface area contributed by atoms with Gasteiger partial charge in [-0.25, -0.2) is 0 Å². The van der Waals surface area contributed by atoms with Crippen LogP contribution in [0, 0.1) is 20.8 Å². The molecule has 0 aromatic heterocycles. The molecule has 0 bridgehead atoms. The number of fused-ring (bicyclic) bond motifs is 1. The van der Waals surface area contributed by atoms with E-state index in [0.717, 1.165) is 40.8 Å². The number of benzene rings is 3. The van der Waals surface area contributed by atoms with Crippen molar-refractivity contribution in [2.75, 3.05) is 0 Å². The second-order valence-electron chi connectivity index (χ2n) is 8.20. The van der Waals surface area contributed by atoms with E-state index < -0.39 is 0 Å². The fourth-order valence-corrected chi connectivity index (χ4v) is 4.66. The first-order valence-electron chi connectivity index (χ1n) is 10.0. The fraction of sp³-hybridized carbons (Fsp3) is 0.308. The van der Waals surface area contributed by atoms with Crippen molar-refractivity contribution in [3.8, 4) is 11.5 Å². The van der Waals surface area contributed by atoms with Crippen LogP contribution in [-0.2, 0) is 6.42 Å². The highest BCUT2D eigenvalue weighted by Gasteiger charge is 2.42. The highest BCUT2D eigenvalue weighted by atomic mass is 16.5. The lowest BCUT2D eigenvalue weighted by molar-refractivity contribution is 0.0471. The molecule has 0 fully saturated rings. The van der Waals surface area contributed by atoms with E-state index in [1.165, 1.54) is 11.1 Å². The van der Waals surface area contributed by atoms with Crippen LogP contribution in [0.4, 0.5) is 0 Å². The van der Waals surface area contributed by atoms with Gasteiger partial charge in [0.2, 0.25) is 0 Å². The number of aromatic hydroxyl groups is 1. The molecule has 28 heavy (non-hydrogen) atoms. The first kappa shape index (κ1) is 18.6. The van der Waals surface area contributed by atoms with Gasteiger partial charge in [-0.15, -0.1) is 0 Å². The minimum atomic E-state index is -0.365. The SMILES string of the molecule is Cc1c(C)c2c(c(C)c1O)CCC(C)(C(c1ccccc1)c1ccccc1)O2. The molecule has 2 heteroatoms. The van der Waals surface area contributed by atoms with E-state index in [4.69, 9.17) is 4.74 Å². The van der Waals surface area contributed by atoms with Crippen LogP contribution in [0.3, 0.4) is 0 Å². The van der Waals surface area contributed by atoms with Gasteiger partial charge in [0.05, 0.1) is 0 Å². The molecule has 0 amide bonds. The van der Waals surface area contributed by atoms with Crippen molar-refractivity contribution >= 4 is 0 Å². The summed E-state index contributed by atoms with van der Waals surface area (Å²) in [5.74, 6) is 1.50. The van der Waals surface area contributed by atoms with Gasteiger partial charge in [-0.1, -0.05) is 60.7 Å². The van der Waals surface area contributed by atoms with Gasteiger partial charge in [0, 0.05) is 11.5 Å². The van der Waals surface area contributed by atoms with Crippen LogP contribution in [0.25, 0.3) is 0 Å². The number of phenolic OH excluding ortho intramolecular Hbond substituents is 1. The standard InChI is InChI=1S/C26H28O2/c1-17-18(2)25-22(19(3)24(17)27)15-16-26(4,28-25)23(20-11-7-5-8-12-20)21-13-9-6-10-14-21/h5-14,23,27H,15-16H2,1-4H3. The summed E-state index contributed by atoms with van der Waals surface area (Å²) in [6.07, 6.45) is 1.81. The van der Waals surface area contributed by atoms with E-state index in [1.54, 1.807) is 0 Å². The third-order valence-corrected chi connectivity index (χ3v) is 6.42. The Balaban J connectivity index is 1.85. The van der Waals surface area contributed by atoms with Gasteiger partial charge in [-0.2, -0.15) is 0 Å². The third-order valence-electron chi connectivity index (χ3n) is 6.42. The van der Waals surface area contributed by atoms with E-state index in [2.05, 4.69) is 74.5 Å². The lowest BCUT2D eigenvalue weighted by Crippen LogP contribution is -2.43. The Hall–Kier alpha value is -2.74. The highest BCUT2D eigenvalue weighted by molar-refractivity contribution is 5.58. The molecule has 144 valence electrons. The molecule has 1 atom stereocenters. The van der Waals surface area contributed by atoms with Crippen LogP contribution in [0.2, 0.25) is 0 Å². The van der Waals surface area contributed by atoms with Crippen molar-refractivity contribution in [1.29, 1.82) is 0 Å². The number of hydrogen-bond donors (Lipinski definition) is 1. The van der Waals surface area contributed by atoms with Crippen LogP contribution in [-0.4, -0.2) is 10.7 Å². The lowest BCUT2D eigenvalue weighted by atomic mass is 9.73. The summed E-state index contributed by atoms with van der Waals surface area (Å²) in [5, 5.41) is 10.5. The number of ether oxygens (including phenoxy) is 1. The van der Waals surface area contributed by atoms with E-state index in [0.29, 0.717) is 5.75 Å². The Morgan fingerprint density at radius 2 is 1.36 bits per heavy atom. The van der Waals surface area contributed by atoms with E-state index in [1.807, 2.05) is 13.8 Å². The number of rotatable bonds is 3. The molecular weight excluding hydrogens is 344 g/mol. The molecule has 1 heterocycles. The minimum absolute atomic E-state index is 0.136. The van der Waals surface area contributed by atoms with Crippen molar-refractivity contribution in [2.24, 2.45) is 0 Å². The summed E-state index contributed by atoms with van der Waals surface area (Å²) >= 11 is 0. The number of hydrogen-bond acceptors (Lipinski definition) is 2. The monoisotopic (exact) mass is 372 g/mol. The van der Waals surface area contributed by atoms with Gasteiger partial charge in [0.1, 0.15) is 17.1 Å². The smallest absolute Gasteiger partial charge is 0.127 e. The molecule has 1 unspecified atom stereocenters. The summed E-state index contributed by atoms with van der Waals surface area (Å²) in [6, 6.07) is 21.3. The Labute approximate surface area is 167 Å². The second kappa shape index (κ2) is 7.01. The molecule has 0 saturated heterocycles. The maximum atomic E-state index is 10.5. The van der Waals surface area contributed by atoms with Crippen LogP contribution in [0.15, 0.2) is 60.7 Å².